The lowest BCUT2D eigenvalue weighted by Gasteiger charge is -2.11. The van der Waals surface area contributed by atoms with Crippen molar-refractivity contribution in [2.45, 2.75) is 12.6 Å². The molecule has 0 saturated carbocycles. The number of nitrogens with two attached hydrogens (primary N) is 1. The molecule has 3 N–H and O–H groups in total. The first-order valence-corrected chi connectivity index (χ1v) is 7.60. The van der Waals surface area contributed by atoms with Gasteiger partial charge in [-0.3, -0.25) is 5.73 Å². The Labute approximate surface area is 138 Å². The Morgan fingerprint density at radius 2 is 1.91 bits per heavy atom. The zero-order chi connectivity index (χ0) is 15.9. The molecule has 1 aromatic heterocycles. The molecule has 1 atom stereocenters. The number of anilines is 1. The highest BCUT2D eigenvalue weighted by atomic mass is 35.5. The van der Waals surface area contributed by atoms with Crippen molar-refractivity contribution in [3.8, 4) is 0 Å². The van der Waals surface area contributed by atoms with Gasteiger partial charge in [-0.05, 0) is 29.8 Å². The maximum Gasteiger partial charge on any atom is 0.355 e. The van der Waals surface area contributed by atoms with E-state index < -0.39 is 6.10 Å². The van der Waals surface area contributed by atoms with Gasteiger partial charge in [0.15, 0.2) is 0 Å². The first-order valence-electron chi connectivity index (χ1n) is 6.85. The molecule has 0 aliphatic carbocycles. The average molecular weight is 337 g/mol. The minimum atomic E-state index is -0.729. The molecular formula is C16H16Cl2N3O+. The third kappa shape index (κ3) is 2.54. The number of aromatic nitrogens is 2. The normalized spacial score (nSPS) is 12.7. The van der Waals surface area contributed by atoms with Gasteiger partial charge in [-0.2, -0.15) is 0 Å². The van der Waals surface area contributed by atoms with Gasteiger partial charge >= 0.3 is 5.95 Å². The van der Waals surface area contributed by atoms with E-state index in [0.29, 0.717) is 28.1 Å². The van der Waals surface area contributed by atoms with Crippen molar-refractivity contribution in [3.63, 3.8) is 0 Å². The minimum absolute atomic E-state index is 0.338. The van der Waals surface area contributed by atoms with E-state index in [9.17, 15) is 5.11 Å². The Kier molecular flexibility index (Phi) is 4.00. The fraction of sp³-hybridized carbons (Fsp3) is 0.188. The van der Waals surface area contributed by atoms with Crippen LogP contribution in [0.5, 0.6) is 0 Å². The number of nitrogens with zero attached hydrogens (tertiary/aromatic N) is 2. The number of aliphatic hydroxyl groups excluding tert-OH is 1. The summed E-state index contributed by atoms with van der Waals surface area (Å²) in [7, 11) is 1.90. The lowest BCUT2D eigenvalue weighted by Crippen LogP contribution is -2.31. The second-order valence-electron chi connectivity index (χ2n) is 5.21. The van der Waals surface area contributed by atoms with Crippen molar-refractivity contribution in [2.24, 2.45) is 7.05 Å². The molecule has 0 amide bonds. The number of hydrogen-bond donors (Lipinski definition) is 2. The molecule has 1 unspecified atom stereocenters. The van der Waals surface area contributed by atoms with Crippen LogP contribution >= 0.6 is 23.2 Å². The predicted molar refractivity (Wildman–Crippen MR) is 88.9 cm³/mol. The van der Waals surface area contributed by atoms with Gasteiger partial charge in [0.25, 0.3) is 0 Å². The van der Waals surface area contributed by atoms with E-state index in [1.165, 1.54) is 0 Å². The molecule has 22 heavy (non-hydrogen) atoms. The highest BCUT2D eigenvalue weighted by Crippen LogP contribution is 2.27. The van der Waals surface area contributed by atoms with E-state index in [1.807, 2.05) is 40.4 Å². The Morgan fingerprint density at radius 1 is 1.18 bits per heavy atom. The summed E-state index contributed by atoms with van der Waals surface area (Å²) in [6, 6.07) is 13.0. The highest BCUT2D eigenvalue weighted by Gasteiger charge is 2.21. The molecular weight excluding hydrogens is 321 g/mol. The summed E-state index contributed by atoms with van der Waals surface area (Å²) in [5, 5.41) is 11.4. The van der Waals surface area contributed by atoms with Crippen molar-refractivity contribution in [1.82, 2.24) is 4.57 Å². The van der Waals surface area contributed by atoms with E-state index in [-0.39, 0.29) is 0 Å². The SMILES string of the molecule is C[n+]1c(N)n(CC(O)c2ccc(Cl)c(Cl)c2)c2ccccc21. The number of para-hydroxylation sites is 2. The topological polar surface area (TPSA) is 55.1 Å². The van der Waals surface area contributed by atoms with Crippen molar-refractivity contribution in [3.05, 3.63) is 58.1 Å². The largest absolute Gasteiger partial charge is 0.385 e. The number of aryl methyl sites for hydroxylation is 1. The van der Waals surface area contributed by atoms with Gasteiger partial charge in [0.05, 0.1) is 17.1 Å². The predicted octanol–water partition coefficient (Wildman–Crippen LogP) is 3.09. The summed E-state index contributed by atoms with van der Waals surface area (Å²) in [6.07, 6.45) is -0.729. The van der Waals surface area contributed by atoms with Crippen LogP contribution in [0.15, 0.2) is 42.5 Å². The Morgan fingerprint density at radius 3 is 2.64 bits per heavy atom. The third-order valence-corrected chi connectivity index (χ3v) is 4.58. The summed E-state index contributed by atoms with van der Waals surface area (Å²) in [5.74, 6) is 0.584. The van der Waals surface area contributed by atoms with Gasteiger partial charge in [-0.25, -0.2) is 9.13 Å². The van der Waals surface area contributed by atoms with E-state index >= 15 is 0 Å². The first-order chi connectivity index (χ1) is 10.5. The monoisotopic (exact) mass is 336 g/mol. The van der Waals surface area contributed by atoms with Gasteiger partial charge in [0.2, 0.25) is 0 Å². The Balaban J connectivity index is 1.99. The maximum absolute atomic E-state index is 10.5. The number of fused-ring (bicyclic) bond motifs is 1. The molecule has 6 heteroatoms. The van der Waals surface area contributed by atoms with Gasteiger partial charge in [-0.1, -0.05) is 41.4 Å². The average Bonchev–Trinajstić information content (AvgIpc) is 2.75. The Hall–Kier alpha value is -1.75. The molecule has 3 aromatic rings. The molecule has 4 nitrogen and oxygen atoms in total. The standard InChI is InChI=1S/C16H15Cl2N3O/c1-20-13-4-2-3-5-14(13)21(16(20)19)9-15(22)10-6-7-11(17)12(18)8-10/h2-8,15,19,22H,9H2,1H3/p+1. The fourth-order valence-corrected chi connectivity index (χ4v) is 2.90. The van der Waals surface area contributed by atoms with Crippen molar-refractivity contribution in [2.75, 3.05) is 5.73 Å². The van der Waals surface area contributed by atoms with Gasteiger partial charge in [0.1, 0.15) is 23.7 Å². The molecule has 2 aromatic carbocycles. The lowest BCUT2D eigenvalue weighted by molar-refractivity contribution is -0.630. The van der Waals surface area contributed by atoms with E-state index in [2.05, 4.69) is 0 Å². The summed E-state index contributed by atoms with van der Waals surface area (Å²) in [4.78, 5) is 0. The number of halogens is 2. The summed E-state index contributed by atoms with van der Waals surface area (Å²) in [5.41, 5.74) is 8.86. The van der Waals surface area contributed by atoms with Crippen molar-refractivity contribution < 1.29 is 9.67 Å². The maximum atomic E-state index is 10.5. The smallest absolute Gasteiger partial charge is 0.355 e. The number of imidazole rings is 1. The number of hydrogen-bond acceptors (Lipinski definition) is 2. The van der Waals surface area contributed by atoms with Crippen LogP contribution in [-0.2, 0) is 13.6 Å². The van der Waals surface area contributed by atoms with Crippen LogP contribution < -0.4 is 10.3 Å². The highest BCUT2D eigenvalue weighted by molar-refractivity contribution is 6.42. The van der Waals surface area contributed by atoms with Crippen LogP contribution in [0.4, 0.5) is 5.95 Å². The second-order valence-corrected chi connectivity index (χ2v) is 6.02. The summed E-state index contributed by atoms with van der Waals surface area (Å²) >= 11 is 11.9. The third-order valence-electron chi connectivity index (χ3n) is 3.84. The molecule has 0 aliphatic heterocycles. The molecule has 114 valence electrons. The van der Waals surface area contributed by atoms with Gasteiger partial charge < -0.3 is 5.11 Å². The van der Waals surface area contributed by atoms with Crippen molar-refractivity contribution in [1.29, 1.82) is 0 Å². The molecule has 0 aliphatic rings. The van der Waals surface area contributed by atoms with Crippen molar-refractivity contribution >= 4 is 40.2 Å². The quantitative estimate of drug-likeness (QED) is 0.722. The molecule has 1 heterocycles. The molecule has 3 rings (SSSR count). The van der Waals surface area contributed by atoms with Gasteiger partial charge in [0, 0.05) is 0 Å². The Bertz CT molecular complexity index is 845. The number of benzene rings is 2. The molecule has 0 spiro atoms. The second kappa shape index (κ2) is 5.80. The molecule has 0 fully saturated rings. The van der Waals surface area contributed by atoms with E-state index in [0.717, 1.165) is 11.0 Å². The summed E-state index contributed by atoms with van der Waals surface area (Å²) < 4.78 is 3.79. The number of nitrogen functional groups attached to an aromatic ring is 1. The number of aliphatic hydroxyl groups is 1. The van der Waals surface area contributed by atoms with Crippen LogP contribution in [0.25, 0.3) is 11.0 Å². The minimum Gasteiger partial charge on any atom is -0.385 e. The lowest BCUT2D eigenvalue weighted by atomic mass is 10.1. The zero-order valence-corrected chi connectivity index (χ0v) is 13.5. The van der Waals surface area contributed by atoms with E-state index in [4.69, 9.17) is 28.9 Å². The fourth-order valence-electron chi connectivity index (χ4n) is 2.59. The van der Waals surface area contributed by atoms with Crippen LogP contribution in [-0.4, -0.2) is 9.67 Å². The zero-order valence-electron chi connectivity index (χ0n) is 12.0. The van der Waals surface area contributed by atoms with Gasteiger partial charge in [-0.15, -0.1) is 0 Å². The summed E-state index contributed by atoms with van der Waals surface area (Å²) in [6.45, 7) is 0.338. The first kappa shape index (κ1) is 15.2. The molecule has 0 radical (unpaired) electrons. The molecule has 0 saturated heterocycles. The van der Waals surface area contributed by atoms with Crippen LogP contribution in [0.1, 0.15) is 11.7 Å². The van der Waals surface area contributed by atoms with Crippen LogP contribution in [0, 0.1) is 0 Å². The van der Waals surface area contributed by atoms with Crippen LogP contribution in [0.2, 0.25) is 10.0 Å². The molecule has 0 bridgehead atoms. The number of rotatable bonds is 3. The van der Waals surface area contributed by atoms with E-state index in [1.54, 1.807) is 18.2 Å². The van der Waals surface area contributed by atoms with Crippen LogP contribution in [0.3, 0.4) is 0 Å².